The van der Waals surface area contributed by atoms with Crippen LogP contribution in [0.15, 0.2) is 48.7 Å². The predicted octanol–water partition coefficient (Wildman–Crippen LogP) is 1.66. The number of hydrogen-bond donors (Lipinski definition) is 1. The molecule has 1 aromatic carbocycles. The van der Waals surface area contributed by atoms with Crippen LogP contribution in [-0.4, -0.2) is 13.4 Å². The Hall–Kier alpha value is -1.72. The summed E-state index contributed by atoms with van der Waals surface area (Å²) < 4.78 is 24.3. The molecule has 0 bridgehead atoms. The van der Waals surface area contributed by atoms with Crippen molar-refractivity contribution in [1.82, 2.24) is 4.98 Å². The normalized spacial score (nSPS) is 11.4. The largest absolute Gasteiger partial charge is 0.325 e. The Labute approximate surface area is 113 Å². The fraction of sp³-hybridized carbons (Fsp3) is 0.214. The van der Waals surface area contributed by atoms with Crippen molar-refractivity contribution in [3.05, 3.63) is 65.5 Å². The smallest absolute Gasteiger partial charge is 0.158 e. The van der Waals surface area contributed by atoms with E-state index in [0.29, 0.717) is 11.3 Å². The third-order valence-corrected chi connectivity index (χ3v) is 4.31. The zero-order chi connectivity index (χ0) is 13.7. The number of rotatable bonds is 5. The number of sulfone groups is 1. The first kappa shape index (κ1) is 13.7. The molecule has 2 N–H and O–H groups in total. The van der Waals surface area contributed by atoms with Gasteiger partial charge in [0.15, 0.2) is 9.84 Å². The van der Waals surface area contributed by atoms with Crippen LogP contribution in [0.1, 0.15) is 16.8 Å². The molecular weight excluding hydrogens is 260 g/mol. The summed E-state index contributed by atoms with van der Waals surface area (Å²) >= 11 is 0. The molecule has 0 amide bonds. The van der Waals surface area contributed by atoms with Gasteiger partial charge in [0.1, 0.15) is 0 Å². The van der Waals surface area contributed by atoms with Crippen molar-refractivity contribution in [3.8, 4) is 0 Å². The van der Waals surface area contributed by atoms with Gasteiger partial charge in [0, 0.05) is 12.7 Å². The van der Waals surface area contributed by atoms with Crippen molar-refractivity contribution in [2.75, 3.05) is 0 Å². The van der Waals surface area contributed by atoms with Crippen LogP contribution in [0, 0.1) is 0 Å². The molecule has 0 aliphatic heterocycles. The van der Waals surface area contributed by atoms with Gasteiger partial charge >= 0.3 is 0 Å². The minimum Gasteiger partial charge on any atom is -0.325 e. The molecule has 2 rings (SSSR count). The molecule has 1 heterocycles. The molecule has 5 heteroatoms. The highest BCUT2D eigenvalue weighted by Crippen LogP contribution is 2.14. The highest BCUT2D eigenvalue weighted by molar-refractivity contribution is 7.89. The molecule has 0 fully saturated rings. The van der Waals surface area contributed by atoms with Gasteiger partial charge in [-0.1, -0.05) is 36.4 Å². The first-order chi connectivity index (χ1) is 9.11. The second-order valence-corrected chi connectivity index (χ2v) is 6.40. The molecule has 0 aliphatic carbocycles. The summed E-state index contributed by atoms with van der Waals surface area (Å²) in [4.78, 5) is 4.10. The van der Waals surface area contributed by atoms with Gasteiger partial charge in [-0.2, -0.15) is 0 Å². The molecule has 0 saturated heterocycles. The van der Waals surface area contributed by atoms with Crippen molar-refractivity contribution >= 4 is 9.84 Å². The minimum atomic E-state index is -3.22. The maximum absolute atomic E-state index is 12.2. The molecule has 0 spiro atoms. The Kier molecular flexibility index (Phi) is 4.29. The maximum atomic E-state index is 12.2. The van der Waals surface area contributed by atoms with E-state index < -0.39 is 9.84 Å². The quantitative estimate of drug-likeness (QED) is 0.901. The van der Waals surface area contributed by atoms with Crippen LogP contribution in [0.4, 0.5) is 0 Å². The van der Waals surface area contributed by atoms with Gasteiger partial charge in [-0.15, -0.1) is 0 Å². The first-order valence-electron chi connectivity index (χ1n) is 5.98. The van der Waals surface area contributed by atoms with E-state index in [4.69, 9.17) is 5.73 Å². The van der Waals surface area contributed by atoms with E-state index in [1.54, 1.807) is 18.3 Å². The molecule has 2 aromatic rings. The molecule has 100 valence electrons. The third kappa shape index (κ3) is 3.87. The average Bonchev–Trinajstić information content (AvgIpc) is 2.39. The topological polar surface area (TPSA) is 73.0 Å². The number of benzene rings is 1. The van der Waals surface area contributed by atoms with E-state index in [9.17, 15) is 8.42 Å². The number of nitrogens with zero attached hydrogens (tertiary/aromatic N) is 1. The molecule has 19 heavy (non-hydrogen) atoms. The zero-order valence-corrected chi connectivity index (χ0v) is 11.3. The van der Waals surface area contributed by atoms with Gasteiger partial charge in [-0.25, -0.2) is 8.42 Å². The van der Waals surface area contributed by atoms with Gasteiger partial charge in [0.05, 0.1) is 17.2 Å². The highest BCUT2D eigenvalue weighted by Gasteiger charge is 2.15. The Morgan fingerprint density at radius 1 is 1.00 bits per heavy atom. The fourth-order valence-corrected chi connectivity index (χ4v) is 3.44. The van der Waals surface area contributed by atoms with Crippen LogP contribution in [0.25, 0.3) is 0 Å². The minimum absolute atomic E-state index is 0.0255. The summed E-state index contributed by atoms with van der Waals surface area (Å²) in [6.07, 6.45) is 1.62. The van der Waals surface area contributed by atoms with E-state index in [2.05, 4.69) is 4.98 Å². The van der Waals surface area contributed by atoms with Gasteiger partial charge in [0.25, 0.3) is 0 Å². The van der Waals surface area contributed by atoms with Crippen molar-refractivity contribution in [2.45, 2.75) is 18.1 Å². The first-order valence-corrected chi connectivity index (χ1v) is 7.80. The summed E-state index contributed by atoms with van der Waals surface area (Å²) in [5.41, 5.74) is 7.68. The number of pyridine rings is 1. The van der Waals surface area contributed by atoms with E-state index in [0.717, 1.165) is 5.56 Å². The van der Waals surface area contributed by atoms with Crippen LogP contribution in [-0.2, 0) is 27.9 Å². The molecule has 1 aromatic heterocycles. The van der Waals surface area contributed by atoms with Crippen LogP contribution in [0.3, 0.4) is 0 Å². The summed E-state index contributed by atoms with van der Waals surface area (Å²) in [5, 5.41) is 0. The monoisotopic (exact) mass is 276 g/mol. The number of nitrogens with two attached hydrogens (primary N) is 1. The van der Waals surface area contributed by atoms with Gasteiger partial charge in [-0.05, 0) is 17.2 Å². The van der Waals surface area contributed by atoms with Gasteiger partial charge in [0.2, 0.25) is 0 Å². The lowest BCUT2D eigenvalue weighted by Gasteiger charge is -2.08. The van der Waals surface area contributed by atoms with Crippen molar-refractivity contribution in [1.29, 1.82) is 0 Å². The Morgan fingerprint density at radius 3 is 2.42 bits per heavy atom. The average molecular weight is 276 g/mol. The van der Waals surface area contributed by atoms with E-state index in [-0.39, 0.29) is 18.1 Å². The van der Waals surface area contributed by atoms with Crippen LogP contribution in [0.5, 0.6) is 0 Å². The number of aromatic nitrogens is 1. The van der Waals surface area contributed by atoms with Crippen LogP contribution in [0.2, 0.25) is 0 Å². The molecule has 0 unspecified atom stereocenters. The van der Waals surface area contributed by atoms with E-state index in [1.165, 1.54) is 0 Å². The van der Waals surface area contributed by atoms with Crippen LogP contribution >= 0.6 is 0 Å². The summed E-state index contributed by atoms with van der Waals surface area (Å²) in [6, 6.07) is 12.6. The second kappa shape index (κ2) is 5.95. The van der Waals surface area contributed by atoms with E-state index in [1.807, 2.05) is 30.3 Å². The predicted molar refractivity (Wildman–Crippen MR) is 74.9 cm³/mol. The standard InChI is InChI=1S/C14H16N2O2S/c15-9-14-13(7-4-8-16-14)11-19(17,18)10-12-5-2-1-3-6-12/h1-8H,9-11,15H2. The van der Waals surface area contributed by atoms with Crippen molar-refractivity contribution in [3.63, 3.8) is 0 Å². The fourth-order valence-electron chi connectivity index (χ4n) is 1.90. The van der Waals surface area contributed by atoms with Crippen molar-refractivity contribution in [2.24, 2.45) is 5.73 Å². The summed E-state index contributed by atoms with van der Waals surface area (Å²) in [7, 11) is -3.22. The lowest BCUT2D eigenvalue weighted by molar-refractivity contribution is 0.594. The van der Waals surface area contributed by atoms with Gasteiger partial charge in [-0.3, -0.25) is 4.98 Å². The third-order valence-electron chi connectivity index (χ3n) is 2.78. The van der Waals surface area contributed by atoms with Crippen LogP contribution < -0.4 is 5.73 Å². The second-order valence-electron chi connectivity index (χ2n) is 4.33. The lowest BCUT2D eigenvalue weighted by atomic mass is 10.2. The zero-order valence-electron chi connectivity index (χ0n) is 10.5. The molecule has 0 aliphatic rings. The number of hydrogen-bond acceptors (Lipinski definition) is 4. The SMILES string of the molecule is NCc1ncccc1CS(=O)(=O)Cc1ccccc1. The molecule has 4 nitrogen and oxygen atoms in total. The molecular formula is C14H16N2O2S. The van der Waals surface area contributed by atoms with Crippen molar-refractivity contribution < 1.29 is 8.42 Å². The Balaban J connectivity index is 2.18. The molecule has 0 atom stereocenters. The van der Waals surface area contributed by atoms with E-state index >= 15 is 0 Å². The maximum Gasteiger partial charge on any atom is 0.158 e. The highest BCUT2D eigenvalue weighted by atomic mass is 32.2. The lowest BCUT2D eigenvalue weighted by Crippen LogP contribution is -2.11. The summed E-state index contributed by atoms with van der Waals surface area (Å²) in [6.45, 7) is 0.247. The molecule has 0 radical (unpaired) electrons. The van der Waals surface area contributed by atoms with Gasteiger partial charge < -0.3 is 5.73 Å². The molecule has 0 saturated carbocycles. The Bertz CT molecular complexity index is 640. The summed E-state index contributed by atoms with van der Waals surface area (Å²) in [5.74, 6) is 0.00894. The Morgan fingerprint density at radius 2 is 1.74 bits per heavy atom.